The normalized spacial score (nSPS) is 16.1. The third-order valence-corrected chi connectivity index (χ3v) is 4.49. The molecule has 0 N–H and O–H groups in total. The number of carbonyl (C=O) groups excluding carboxylic acids is 2. The van der Waals surface area contributed by atoms with Crippen LogP contribution in [0, 0.1) is 5.82 Å². The van der Waals surface area contributed by atoms with Gasteiger partial charge >= 0.3 is 0 Å². The Kier molecular flexibility index (Phi) is 2.98. The Morgan fingerprint density at radius 2 is 1.87 bits per heavy atom. The minimum atomic E-state index is -0.462. The van der Waals surface area contributed by atoms with Gasteiger partial charge in [0.1, 0.15) is 5.82 Å². The summed E-state index contributed by atoms with van der Waals surface area (Å²) in [5, 5.41) is 0. The molecule has 2 aromatic carbocycles. The quantitative estimate of drug-likeness (QED) is 0.855. The van der Waals surface area contributed by atoms with Crippen molar-refractivity contribution >= 4 is 11.8 Å². The predicted octanol–water partition coefficient (Wildman–Crippen LogP) is 2.57. The van der Waals surface area contributed by atoms with E-state index < -0.39 is 5.82 Å². The monoisotopic (exact) mass is 310 g/mol. The van der Waals surface area contributed by atoms with Crippen LogP contribution in [0.25, 0.3) is 0 Å². The Morgan fingerprint density at radius 1 is 1.04 bits per heavy atom. The van der Waals surface area contributed by atoms with E-state index in [1.54, 1.807) is 29.0 Å². The van der Waals surface area contributed by atoms with Gasteiger partial charge < -0.3 is 9.80 Å². The van der Waals surface area contributed by atoms with Gasteiger partial charge in [-0.1, -0.05) is 24.3 Å². The molecule has 2 aromatic rings. The van der Waals surface area contributed by atoms with Crippen LogP contribution in [0.4, 0.5) is 4.39 Å². The molecule has 0 radical (unpaired) electrons. The number of carbonyl (C=O) groups is 2. The van der Waals surface area contributed by atoms with Crippen LogP contribution in [0.3, 0.4) is 0 Å². The van der Waals surface area contributed by atoms with Crippen molar-refractivity contribution in [2.75, 3.05) is 7.05 Å². The molecule has 2 aliphatic heterocycles. The summed E-state index contributed by atoms with van der Waals surface area (Å²) in [5.41, 5.74) is 3.56. The van der Waals surface area contributed by atoms with E-state index in [2.05, 4.69) is 0 Å². The second-order valence-corrected chi connectivity index (χ2v) is 6.09. The van der Waals surface area contributed by atoms with Crippen LogP contribution in [-0.2, 0) is 19.6 Å². The molecule has 5 heteroatoms. The second kappa shape index (κ2) is 4.91. The molecule has 0 bridgehead atoms. The summed E-state index contributed by atoms with van der Waals surface area (Å²) in [6.45, 7) is 1.42. The van der Waals surface area contributed by atoms with E-state index >= 15 is 0 Å². The number of halogens is 1. The molecule has 23 heavy (non-hydrogen) atoms. The summed E-state index contributed by atoms with van der Waals surface area (Å²) in [4.78, 5) is 27.6. The number of nitrogens with zero attached hydrogens (tertiary/aromatic N) is 2. The lowest BCUT2D eigenvalue weighted by Crippen LogP contribution is -2.23. The Balaban J connectivity index is 1.59. The molecule has 0 saturated carbocycles. The third-order valence-electron chi connectivity index (χ3n) is 4.49. The molecule has 0 aromatic heterocycles. The fourth-order valence-electron chi connectivity index (χ4n) is 3.34. The van der Waals surface area contributed by atoms with Crippen LogP contribution in [0.1, 0.15) is 37.4 Å². The molecule has 4 rings (SSSR count). The number of fused-ring (bicyclic) bond motifs is 2. The second-order valence-electron chi connectivity index (χ2n) is 6.09. The minimum absolute atomic E-state index is 0.0262. The molecule has 0 atom stereocenters. The van der Waals surface area contributed by atoms with Crippen molar-refractivity contribution < 1.29 is 14.0 Å². The van der Waals surface area contributed by atoms with E-state index in [1.165, 1.54) is 6.07 Å². The lowest BCUT2D eigenvalue weighted by Gasteiger charge is -2.16. The zero-order valence-corrected chi connectivity index (χ0v) is 12.7. The fourth-order valence-corrected chi connectivity index (χ4v) is 3.34. The van der Waals surface area contributed by atoms with Gasteiger partial charge in [0, 0.05) is 32.2 Å². The average molecular weight is 310 g/mol. The van der Waals surface area contributed by atoms with Crippen molar-refractivity contribution in [3.63, 3.8) is 0 Å². The molecule has 0 saturated heterocycles. The zero-order valence-electron chi connectivity index (χ0n) is 12.7. The Hall–Kier alpha value is -2.69. The summed E-state index contributed by atoms with van der Waals surface area (Å²) >= 11 is 0. The van der Waals surface area contributed by atoms with E-state index in [1.807, 2.05) is 18.2 Å². The van der Waals surface area contributed by atoms with Gasteiger partial charge in [-0.3, -0.25) is 9.59 Å². The summed E-state index contributed by atoms with van der Waals surface area (Å²) in [5.74, 6) is -0.707. The maximum atomic E-state index is 13.8. The van der Waals surface area contributed by atoms with Crippen LogP contribution in [0.15, 0.2) is 36.4 Å². The summed E-state index contributed by atoms with van der Waals surface area (Å²) in [6.07, 6.45) is 0. The van der Waals surface area contributed by atoms with E-state index in [-0.39, 0.29) is 17.4 Å². The molecule has 2 amide bonds. The minimum Gasteiger partial charge on any atom is -0.337 e. The molecular formula is C18H15FN2O2. The summed E-state index contributed by atoms with van der Waals surface area (Å²) in [6, 6.07) is 10.4. The molecule has 0 fully saturated rings. The van der Waals surface area contributed by atoms with Gasteiger partial charge in [0.15, 0.2) is 0 Å². The molecule has 116 valence electrons. The van der Waals surface area contributed by atoms with Crippen molar-refractivity contribution in [3.8, 4) is 0 Å². The molecule has 0 aliphatic carbocycles. The summed E-state index contributed by atoms with van der Waals surface area (Å²) in [7, 11) is 1.77. The highest BCUT2D eigenvalue weighted by atomic mass is 19.1. The van der Waals surface area contributed by atoms with Gasteiger partial charge in [0.05, 0.1) is 5.56 Å². The van der Waals surface area contributed by atoms with Crippen LogP contribution in [0.5, 0.6) is 0 Å². The molecule has 0 unspecified atom stereocenters. The van der Waals surface area contributed by atoms with Gasteiger partial charge in [0.2, 0.25) is 0 Å². The smallest absolute Gasteiger partial charge is 0.257 e. The maximum absolute atomic E-state index is 13.8. The highest BCUT2D eigenvalue weighted by Gasteiger charge is 2.30. The largest absolute Gasteiger partial charge is 0.337 e. The highest BCUT2D eigenvalue weighted by Crippen LogP contribution is 2.28. The van der Waals surface area contributed by atoms with Crippen molar-refractivity contribution in [2.24, 2.45) is 0 Å². The first kappa shape index (κ1) is 13.9. The standard InChI is InChI=1S/C18H15FN2O2/c1-20-9-13-7-11(5-6-14(13)17(20)22)8-21-10-12-3-2-4-15(19)16(12)18(21)23/h2-7H,8-10H2,1H3. The topological polar surface area (TPSA) is 40.6 Å². The number of benzene rings is 2. The Labute approximate surface area is 133 Å². The fraction of sp³-hybridized carbons (Fsp3) is 0.222. The Bertz CT molecular complexity index is 847. The predicted molar refractivity (Wildman–Crippen MR) is 82.2 cm³/mol. The van der Waals surface area contributed by atoms with E-state index in [0.29, 0.717) is 19.6 Å². The molecule has 0 spiro atoms. The number of hydrogen-bond donors (Lipinski definition) is 0. The first-order valence-electron chi connectivity index (χ1n) is 7.48. The summed E-state index contributed by atoms with van der Waals surface area (Å²) < 4.78 is 13.8. The van der Waals surface area contributed by atoms with Gasteiger partial charge in [0.25, 0.3) is 11.8 Å². The van der Waals surface area contributed by atoms with Crippen LogP contribution in [-0.4, -0.2) is 28.7 Å². The van der Waals surface area contributed by atoms with Crippen molar-refractivity contribution in [1.82, 2.24) is 9.80 Å². The highest BCUT2D eigenvalue weighted by molar-refractivity contribution is 5.99. The van der Waals surface area contributed by atoms with Crippen molar-refractivity contribution in [2.45, 2.75) is 19.6 Å². The zero-order chi connectivity index (χ0) is 16.1. The Morgan fingerprint density at radius 3 is 2.65 bits per heavy atom. The van der Waals surface area contributed by atoms with Crippen LogP contribution in [0.2, 0.25) is 0 Å². The lowest BCUT2D eigenvalue weighted by atomic mass is 10.1. The van der Waals surface area contributed by atoms with E-state index in [9.17, 15) is 14.0 Å². The third kappa shape index (κ3) is 2.11. The number of amides is 2. The van der Waals surface area contributed by atoms with Gasteiger partial charge in [-0.2, -0.15) is 0 Å². The van der Waals surface area contributed by atoms with Gasteiger partial charge in [-0.25, -0.2) is 4.39 Å². The molecule has 2 aliphatic rings. The number of hydrogen-bond acceptors (Lipinski definition) is 2. The molecular weight excluding hydrogens is 295 g/mol. The van der Waals surface area contributed by atoms with Gasteiger partial charge in [-0.05, 0) is 28.8 Å². The van der Waals surface area contributed by atoms with Crippen LogP contribution < -0.4 is 0 Å². The first-order valence-corrected chi connectivity index (χ1v) is 7.48. The molecule has 4 nitrogen and oxygen atoms in total. The van der Waals surface area contributed by atoms with E-state index in [0.717, 1.165) is 22.3 Å². The van der Waals surface area contributed by atoms with E-state index in [4.69, 9.17) is 0 Å². The average Bonchev–Trinajstić information content (AvgIpc) is 2.98. The lowest BCUT2D eigenvalue weighted by molar-refractivity contribution is 0.0762. The van der Waals surface area contributed by atoms with Crippen LogP contribution >= 0.6 is 0 Å². The molecule has 2 heterocycles. The maximum Gasteiger partial charge on any atom is 0.257 e. The van der Waals surface area contributed by atoms with Crippen molar-refractivity contribution in [3.05, 3.63) is 70.0 Å². The van der Waals surface area contributed by atoms with Crippen molar-refractivity contribution in [1.29, 1.82) is 0 Å². The van der Waals surface area contributed by atoms with Gasteiger partial charge in [-0.15, -0.1) is 0 Å². The SMILES string of the molecule is CN1Cc2cc(CN3Cc4cccc(F)c4C3=O)ccc2C1=O. The first-order chi connectivity index (χ1) is 11.0. The number of rotatable bonds is 2.